The zero-order valence-corrected chi connectivity index (χ0v) is 11.9. The van der Waals surface area contributed by atoms with Crippen molar-refractivity contribution < 1.29 is 9.47 Å². The summed E-state index contributed by atoms with van der Waals surface area (Å²) in [4.78, 5) is 0. The summed E-state index contributed by atoms with van der Waals surface area (Å²) in [5.41, 5.74) is 1.04. The molecule has 0 aliphatic rings. The SMILES string of the molecule is COCCSc1nnc(COC)n1-c1ccccc1. The second-order valence-corrected chi connectivity index (χ2v) is 4.91. The maximum atomic E-state index is 5.17. The summed E-state index contributed by atoms with van der Waals surface area (Å²) in [5, 5.41) is 9.27. The van der Waals surface area contributed by atoms with Crippen molar-refractivity contribution in [3.8, 4) is 5.69 Å². The average molecular weight is 279 g/mol. The van der Waals surface area contributed by atoms with Crippen LogP contribution in [0.5, 0.6) is 0 Å². The molecule has 6 heteroatoms. The molecule has 0 unspecified atom stereocenters. The van der Waals surface area contributed by atoms with E-state index in [4.69, 9.17) is 9.47 Å². The maximum Gasteiger partial charge on any atom is 0.195 e. The molecule has 0 spiro atoms. The van der Waals surface area contributed by atoms with Crippen molar-refractivity contribution in [2.75, 3.05) is 26.6 Å². The van der Waals surface area contributed by atoms with Gasteiger partial charge in [0.05, 0.1) is 6.61 Å². The van der Waals surface area contributed by atoms with Crippen LogP contribution >= 0.6 is 11.8 Å². The second kappa shape index (κ2) is 7.28. The van der Waals surface area contributed by atoms with Gasteiger partial charge in [-0.2, -0.15) is 0 Å². The smallest absolute Gasteiger partial charge is 0.195 e. The van der Waals surface area contributed by atoms with E-state index in [0.717, 1.165) is 22.4 Å². The Bertz CT molecular complexity index is 502. The summed E-state index contributed by atoms with van der Waals surface area (Å²) in [6.07, 6.45) is 0. The van der Waals surface area contributed by atoms with Gasteiger partial charge in [0.1, 0.15) is 6.61 Å². The fourth-order valence-corrected chi connectivity index (χ4v) is 2.54. The van der Waals surface area contributed by atoms with Crippen LogP contribution in [0.25, 0.3) is 5.69 Å². The quantitative estimate of drug-likeness (QED) is 0.574. The Morgan fingerprint density at radius 2 is 1.89 bits per heavy atom. The molecule has 0 aliphatic carbocycles. The van der Waals surface area contributed by atoms with Crippen molar-refractivity contribution in [1.29, 1.82) is 0 Å². The molecule has 2 aromatic rings. The molecule has 19 heavy (non-hydrogen) atoms. The molecule has 0 aliphatic heterocycles. The number of rotatable bonds is 7. The topological polar surface area (TPSA) is 49.2 Å². The Kier molecular flexibility index (Phi) is 5.38. The molecule has 5 nitrogen and oxygen atoms in total. The van der Waals surface area contributed by atoms with Crippen LogP contribution in [0.15, 0.2) is 35.5 Å². The van der Waals surface area contributed by atoms with E-state index < -0.39 is 0 Å². The van der Waals surface area contributed by atoms with Crippen molar-refractivity contribution >= 4 is 11.8 Å². The molecule has 1 aromatic heterocycles. The van der Waals surface area contributed by atoms with Gasteiger partial charge in [-0.1, -0.05) is 30.0 Å². The van der Waals surface area contributed by atoms with Crippen molar-refractivity contribution in [3.05, 3.63) is 36.2 Å². The summed E-state index contributed by atoms with van der Waals surface area (Å²) in [6.45, 7) is 1.12. The fraction of sp³-hybridized carbons (Fsp3) is 0.385. The molecular formula is C13H17N3O2S. The van der Waals surface area contributed by atoms with Crippen LogP contribution in [0.2, 0.25) is 0 Å². The van der Waals surface area contributed by atoms with Gasteiger partial charge in [-0.25, -0.2) is 0 Å². The van der Waals surface area contributed by atoms with Crippen molar-refractivity contribution in [1.82, 2.24) is 14.8 Å². The van der Waals surface area contributed by atoms with Crippen molar-refractivity contribution in [2.45, 2.75) is 11.8 Å². The lowest BCUT2D eigenvalue weighted by molar-refractivity contribution is 0.176. The molecule has 0 amide bonds. The fourth-order valence-electron chi connectivity index (χ4n) is 1.67. The van der Waals surface area contributed by atoms with E-state index in [-0.39, 0.29) is 0 Å². The van der Waals surface area contributed by atoms with Gasteiger partial charge < -0.3 is 9.47 Å². The maximum absolute atomic E-state index is 5.17. The summed E-state index contributed by atoms with van der Waals surface area (Å²) < 4.78 is 12.2. The molecule has 102 valence electrons. The number of ether oxygens (including phenoxy) is 2. The van der Waals surface area contributed by atoms with Gasteiger partial charge in [0, 0.05) is 25.7 Å². The van der Waals surface area contributed by atoms with Gasteiger partial charge in [0.2, 0.25) is 0 Å². The number of thioether (sulfide) groups is 1. The van der Waals surface area contributed by atoms with Crippen LogP contribution in [0.1, 0.15) is 5.82 Å². The Labute approximate surface area is 116 Å². The van der Waals surface area contributed by atoms with Crippen LogP contribution in [0, 0.1) is 0 Å². The second-order valence-electron chi connectivity index (χ2n) is 3.84. The molecule has 1 heterocycles. The monoisotopic (exact) mass is 279 g/mol. The minimum Gasteiger partial charge on any atom is -0.384 e. The number of para-hydroxylation sites is 1. The lowest BCUT2D eigenvalue weighted by Gasteiger charge is -2.09. The first-order chi connectivity index (χ1) is 9.36. The molecular weight excluding hydrogens is 262 g/mol. The largest absolute Gasteiger partial charge is 0.384 e. The van der Waals surface area contributed by atoms with Crippen molar-refractivity contribution in [3.63, 3.8) is 0 Å². The standard InChI is InChI=1S/C13H17N3O2S/c1-17-8-9-19-13-15-14-12(10-18-2)16(13)11-6-4-3-5-7-11/h3-7H,8-10H2,1-2H3. The Morgan fingerprint density at radius 3 is 2.58 bits per heavy atom. The van der Waals surface area contributed by atoms with Crippen LogP contribution in [0.4, 0.5) is 0 Å². The van der Waals surface area contributed by atoms with Gasteiger partial charge in [-0.3, -0.25) is 4.57 Å². The lowest BCUT2D eigenvalue weighted by Crippen LogP contribution is -2.04. The van der Waals surface area contributed by atoms with Crippen LogP contribution in [-0.2, 0) is 16.1 Å². The molecule has 0 fully saturated rings. The number of hydrogen-bond acceptors (Lipinski definition) is 5. The molecule has 0 saturated carbocycles. The Hall–Kier alpha value is -1.37. The third-order valence-corrected chi connectivity index (χ3v) is 3.40. The van der Waals surface area contributed by atoms with Gasteiger partial charge >= 0.3 is 0 Å². The lowest BCUT2D eigenvalue weighted by atomic mass is 10.3. The summed E-state index contributed by atoms with van der Waals surface area (Å²) in [7, 11) is 3.35. The normalized spacial score (nSPS) is 10.8. The first-order valence-corrected chi connectivity index (χ1v) is 6.95. The van der Waals surface area contributed by atoms with Gasteiger partial charge in [0.25, 0.3) is 0 Å². The van der Waals surface area contributed by atoms with E-state index in [0.29, 0.717) is 13.2 Å². The zero-order valence-electron chi connectivity index (χ0n) is 11.1. The summed E-state index contributed by atoms with van der Waals surface area (Å²) in [6, 6.07) is 10.0. The van der Waals surface area contributed by atoms with E-state index in [1.54, 1.807) is 26.0 Å². The number of aromatic nitrogens is 3. The zero-order chi connectivity index (χ0) is 13.5. The Morgan fingerprint density at radius 1 is 1.11 bits per heavy atom. The molecule has 2 rings (SSSR count). The molecule has 0 bridgehead atoms. The number of methoxy groups -OCH3 is 2. The third kappa shape index (κ3) is 3.56. The highest BCUT2D eigenvalue weighted by atomic mass is 32.2. The van der Waals surface area contributed by atoms with Crippen LogP contribution in [-0.4, -0.2) is 41.3 Å². The highest BCUT2D eigenvalue weighted by Crippen LogP contribution is 2.22. The number of benzene rings is 1. The van der Waals surface area contributed by atoms with Gasteiger partial charge in [-0.15, -0.1) is 10.2 Å². The van der Waals surface area contributed by atoms with Crippen molar-refractivity contribution in [2.24, 2.45) is 0 Å². The predicted molar refractivity (Wildman–Crippen MR) is 74.7 cm³/mol. The molecule has 0 radical (unpaired) electrons. The van der Waals surface area contributed by atoms with Crippen LogP contribution in [0.3, 0.4) is 0 Å². The average Bonchev–Trinajstić information content (AvgIpc) is 2.84. The van der Waals surface area contributed by atoms with E-state index in [9.17, 15) is 0 Å². The van der Waals surface area contributed by atoms with Gasteiger partial charge in [-0.05, 0) is 12.1 Å². The third-order valence-electron chi connectivity index (χ3n) is 2.51. The molecule has 0 N–H and O–H groups in total. The van der Waals surface area contributed by atoms with E-state index in [1.807, 2.05) is 34.9 Å². The molecule has 0 atom stereocenters. The molecule has 0 saturated heterocycles. The van der Waals surface area contributed by atoms with Gasteiger partial charge in [0.15, 0.2) is 11.0 Å². The van der Waals surface area contributed by atoms with E-state index in [1.165, 1.54) is 0 Å². The first-order valence-electron chi connectivity index (χ1n) is 5.97. The predicted octanol–water partition coefficient (Wildman–Crippen LogP) is 2.15. The summed E-state index contributed by atoms with van der Waals surface area (Å²) >= 11 is 1.62. The summed E-state index contributed by atoms with van der Waals surface area (Å²) in [5.74, 6) is 1.64. The highest BCUT2D eigenvalue weighted by Gasteiger charge is 2.13. The van der Waals surface area contributed by atoms with Crippen LogP contribution < -0.4 is 0 Å². The number of nitrogens with zero attached hydrogens (tertiary/aromatic N) is 3. The highest BCUT2D eigenvalue weighted by molar-refractivity contribution is 7.99. The van der Waals surface area contributed by atoms with E-state index >= 15 is 0 Å². The minimum absolute atomic E-state index is 0.437. The number of hydrogen-bond donors (Lipinski definition) is 0. The minimum atomic E-state index is 0.437. The molecule has 1 aromatic carbocycles. The first kappa shape index (κ1) is 14.0. The Balaban J connectivity index is 2.28. The van der Waals surface area contributed by atoms with E-state index in [2.05, 4.69) is 10.2 Å².